The van der Waals surface area contributed by atoms with Crippen molar-refractivity contribution in [3.63, 3.8) is 0 Å². The van der Waals surface area contributed by atoms with Crippen LogP contribution in [0.1, 0.15) is 44.6 Å². The van der Waals surface area contributed by atoms with Crippen molar-refractivity contribution in [2.24, 2.45) is 5.16 Å². The zero-order valence-corrected chi connectivity index (χ0v) is 12.1. The summed E-state index contributed by atoms with van der Waals surface area (Å²) in [5.41, 5.74) is -0.160. The fourth-order valence-corrected chi connectivity index (χ4v) is 2.91. The third kappa shape index (κ3) is 2.77. The van der Waals surface area contributed by atoms with Crippen molar-refractivity contribution in [2.45, 2.75) is 50.7 Å². The van der Waals surface area contributed by atoms with Gasteiger partial charge in [-0.1, -0.05) is 36.2 Å². The van der Waals surface area contributed by atoms with Gasteiger partial charge in [0.1, 0.15) is 5.82 Å². The van der Waals surface area contributed by atoms with Crippen molar-refractivity contribution in [3.8, 4) is 0 Å². The molecule has 1 N–H and O–H groups in total. The van der Waals surface area contributed by atoms with Gasteiger partial charge in [-0.05, 0) is 25.8 Å². The van der Waals surface area contributed by atoms with Gasteiger partial charge in [-0.3, -0.25) is 4.79 Å². The van der Waals surface area contributed by atoms with Gasteiger partial charge in [0.25, 0.3) is 5.91 Å². The molecule has 112 valence electrons. The standard InChI is InChI=1S/C16H19FN2O2/c1-16(15(20)18-11-6-2-3-7-11)10-14(19-21-16)12-8-4-5-9-13(12)17/h4-5,8-9,11H,2-3,6-7,10H2,1H3,(H,18,20)/t16-/m0/s1. The Labute approximate surface area is 123 Å². The largest absolute Gasteiger partial charge is 0.379 e. The maximum absolute atomic E-state index is 13.8. The number of nitrogens with one attached hydrogen (secondary N) is 1. The molecule has 1 atom stereocenters. The number of carbonyl (C=O) groups is 1. The summed E-state index contributed by atoms with van der Waals surface area (Å²) < 4.78 is 13.8. The highest BCUT2D eigenvalue weighted by atomic mass is 19.1. The van der Waals surface area contributed by atoms with Crippen LogP contribution in [0.15, 0.2) is 29.4 Å². The second-order valence-electron chi connectivity index (χ2n) is 5.97. The van der Waals surface area contributed by atoms with Crippen LogP contribution in [0.5, 0.6) is 0 Å². The molecule has 0 radical (unpaired) electrons. The number of hydrogen-bond donors (Lipinski definition) is 1. The molecule has 0 unspecified atom stereocenters. The first kappa shape index (κ1) is 14.0. The van der Waals surface area contributed by atoms with E-state index in [1.807, 2.05) is 0 Å². The molecule has 0 spiro atoms. The first-order chi connectivity index (χ1) is 10.1. The van der Waals surface area contributed by atoms with E-state index in [1.54, 1.807) is 25.1 Å². The molecule has 1 aliphatic heterocycles. The number of benzene rings is 1. The van der Waals surface area contributed by atoms with Crippen LogP contribution in [0.25, 0.3) is 0 Å². The molecule has 1 aromatic rings. The third-order valence-corrected chi connectivity index (χ3v) is 4.22. The van der Waals surface area contributed by atoms with E-state index in [4.69, 9.17) is 4.84 Å². The quantitative estimate of drug-likeness (QED) is 0.930. The Balaban J connectivity index is 1.69. The number of nitrogens with zero attached hydrogens (tertiary/aromatic N) is 1. The van der Waals surface area contributed by atoms with Gasteiger partial charge in [0, 0.05) is 18.0 Å². The van der Waals surface area contributed by atoms with Crippen molar-refractivity contribution in [2.75, 3.05) is 0 Å². The summed E-state index contributed by atoms with van der Waals surface area (Å²) in [6.07, 6.45) is 4.62. The molecule has 2 aliphatic rings. The van der Waals surface area contributed by atoms with Crippen LogP contribution in [-0.4, -0.2) is 23.3 Å². The Morgan fingerprint density at radius 2 is 2.10 bits per heavy atom. The Kier molecular flexibility index (Phi) is 3.66. The summed E-state index contributed by atoms with van der Waals surface area (Å²) in [5, 5.41) is 6.95. The van der Waals surface area contributed by atoms with Gasteiger partial charge in [-0.2, -0.15) is 0 Å². The number of oxime groups is 1. The lowest BCUT2D eigenvalue weighted by atomic mass is 9.94. The Morgan fingerprint density at radius 3 is 2.81 bits per heavy atom. The minimum absolute atomic E-state index is 0.163. The first-order valence-corrected chi connectivity index (χ1v) is 7.39. The highest BCUT2D eigenvalue weighted by molar-refractivity contribution is 6.05. The summed E-state index contributed by atoms with van der Waals surface area (Å²) in [7, 11) is 0. The first-order valence-electron chi connectivity index (χ1n) is 7.39. The lowest BCUT2D eigenvalue weighted by Crippen LogP contribution is -2.48. The SMILES string of the molecule is C[C@@]1(C(=O)NC2CCCC2)CC(c2ccccc2F)=NO1. The fourth-order valence-electron chi connectivity index (χ4n) is 2.91. The minimum atomic E-state index is -1.04. The van der Waals surface area contributed by atoms with Crippen molar-refractivity contribution in [1.82, 2.24) is 5.32 Å². The van der Waals surface area contributed by atoms with Crippen molar-refractivity contribution >= 4 is 11.6 Å². The second-order valence-corrected chi connectivity index (χ2v) is 5.97. The normalized spacial score (nSPS) is 25.5. The Morgan fingerprint density at radius 1 is 1.38 bits per heavy atom. The van der Waals surface area contributed by atoms with E-state index in [9.17, 15) is 9.18 Å². The second kappa shape index (κ2) is 5.47. The van der Waals surface area contributed by atoms with Crippen LogP contribution >= 0.6 is 0 Å². The van der Waals surface area contributed by atoms with Gasteiger partial charge in [0.05, 0.1) is 5.71 Å². The molecule has 0 bridgehead atoms. The average molecular weight is 290 g/mol. The zero-order valence-electron chi connectivity index (χ0n) is 12.1. The highest BCUT2D eigenvalue weighted by Gasteiger charge is 2.43. The van der Waals surface area contributed by atoms with E-state index in [2.05, 4.69) is 10.5 Å². The van der Waals surface area contributed by atoms with E-state index in [1.165, 1.54) is 6.07 Å². The molecule has 3 rings (SSSR count). The van der Waals surface area contributed by atoms with Crippen molar-refractivity contribution in [1.29, 1.82) is 0 Å². The topological polar surface area (TPSA) is 50.7 Å². The van der Waals surface area contributed by atoms with Crippen LogP contribution in [0, 0.1) is 5.82 Å². The Hall–Kier alpha value is -1.91. The molecule has 0 aromatic heterocycles. The van der Waals surface area contributed by atoms with Crippen LogP contribution in [0.4, 0.5) is 4.39 Å². The molecule has 1 amide bonds. The van der Waals surface area contributed by atoms with E-state index in [0.29, 0.717) is 11.3 Å². The molecule has 1 heterocycles. The van der Waals surface area contributed by atoms with Gasteiger partial charge in [0.15, 0.2) is 0 Å². The Bertz CT molecular complexity index is 581. The molecule has 4 nitrogen and oxygen atoms in total. The van der Waals surface area contributed by atoms with E-state index in [0.717, 1.165) is 25.7 Å². The fraction of sp³-hybridized carbons (Fsp3) is 0.500. The molecule has 5 heteroatoms. The summed E-state index contributed by atoms with van der Waals surface area (Å²) in [5.74, 6) is -0.509. The van der Waals surface area contributed by atoms with Crippen LogP contribution in [0.3, 0.4) is 0 Å². The van der Waals surface area contributed by atoms with Crippen molar-refractivity contribution in [3.05, 3.63) is 35.6 Å². The zero-order chi connectivity index (χ0) is 14.9. The molecule has 1 aliphatic carbocycles. The predicted molar refractivity (Wildman–Crippen MR) is 77.4 cm³/mol. The van der Waals surface area contributed by atoms with E-state index in [-0.39, 0.29) is 24.2 Å². The van der Waals surface area contributed by atoms with Gasteiger partial charge in [-0.25, -0.2) is 4.39 Å². The minimum Gasteiger partial charge on any atom is -0.379 e. The monoisotopic (exact) mass is 290 g/mol. The average Bonchev–Trinajstić information content (AvgIpc) is 3.10. The van der Waals surface area contributed by atoms with Gasteiger partial charge in [-0.15, -0.1) is 0 Å². The maximum atomic E-state index is 13.8. The molecule has 1 fully saturated rings. The summed E-state index contributed by atoms with van der Waals surface area (Å²) in [4.78, 5) is 17.7. The van der Waals surface area contributed by atoms with Crippen LogP contribution < -0.4 is 5.32 Å². The van der Waals surface area contributed by atoms with Crippen LogP contribution in [0.2, 0.25) is 0 Å². The molecule has 0 saturated heterocycles. The molecule has 1 saturated carbocycles. The van der Waals surface area contributed by atoms with Crippen molar-refractivity contribution < 1.29 is 14.0 Å². The lowest BCUT2D eigenvalue weighted by molar-refractivity contribution is -0.142. The highest BCUT2D eigenvalue weighted by Crippen LogP contribution is 2.28. The van der Waals surface area contributed by atoms with E-state index < -0.39 is 5.60 Å². The van der Waals surface area contributed by atoms with Gasteiger partial charge in [0.2, 0.25) is 5.60 Å². The molecular weight excluding hydrogens is 271 g/mol. The molecule has 1 aromatic carbocycles. The number of hydrogen-bond acceptors (Lipinski definition) is 3. The smallest absolute Gasteiger partial charge is 0.267 e. The summed E-state index contributed by atoms with van der Waals surface area (Å²) in [6, 6.07) is 6.64. The molecular formula is C16H19FN2O2. The third-order valence-electron chi connectivity index (χ3n) is 4.22. The summed E-state index contributed by atoms with van der Waals surface area (Å²) >= 11 is 0. The number of rotatable bonds is 3. The maximum Gasteiger partial charge on any atom is 0.267 e. The van der Waals surface area contributed by atoms with Gasteiger partial charge >= 0.3 is 0 Å². The predicted octanol–water partition coefficient (Wildman–Crippen LogP) is 2.77. The number of halogens is 1. The van der Waals surface area contributed by atoms with E-state index >= 15 is 0 Å². The van der Waals surface area contributed by atoms with Gasteiger partial charge < -0.3 is 10.2 Å². The lowest BCUT2D eigenvalue weighted by Gasteiger charge is -2.23. The van der Waals surface area contributed by atoms with Crippen LogP contribution in [-0.2, 0) is 9.63 Å². The number of carbonyl (C=O) groups excluding carboxylic acids is 1. The summed E-state index contributed by atoms with van der Waals surface area (Å²) in [6.45, 7) is 1.70. The molecule has 21 heavy (non-hydrogen) atoms. The number of amides is 1.